The topological polar surface area (TPSA) is 78.8 Å². The molecular weight excluding hydrogens is 364 g/mol. The molecule has 1 unspecified atom stereocenters. The van der Waals surface area contributed by atoms with Crippen LogP contribution in [0.3, 0.4) is 0 Å². The molecule has 1 aliphatic carbocycles. The Hall–Kier alpha value is -2.60. The molecule has 0 radical (unpaired) electrons. The number of nitrogens with zero attached hydrogens (tertiary/aromatic N) is 2. The Bertz CT molecular complexity index is 786. The Kier molecular flexibility index (Phi) is 7.47. The average Bonchev–Trinajstić information content (AvgIpc) is 3.25. The van der Waals surface area contributed by atoms with Crippen LogP contribution in [-0.4, -0.2) is 35.2 Å². The summed E-state index contributed by atoms with van der Waals surface area (Å²) in [4.78, 5) is 9.10. The predicted molar refractivity (Wildman–Crippen MR) is 116 cm³/mol. The molecule has 6 heteroatoms. The van der Waals surface area contributed by atoms with Gasteiger partial charge in [0.2, 0.25) is 5.88 Å². The lowest BCUT2D eigenvalue weighted by molar-refractivity contribution is 0.0617. The van der Waals surface area contributed by atoms with Gasteiger partial charge >= 0.3 is 0 Å². The van der Waals surface area contributed by atoms with E-state index in [0.717, 1.165) is 30.5 Å². The first-order valence-corrected chi connectivity index (χ1v) is 10.5. The lowest BCUT2D eigenvalue weighted by Crippen LogP contribution is -2.44. The van der Waals surface area contributed by atoms with Crippen LogP contribution in [0.1, 0.15) is 50.7 Å². The zero-order chi connectivity index (χ0) is 20.5. The SMILES string of the molecule is CCNC(=NCc1cccnc1OC1CCCC1)NCC(C)(O)c1ccccc1. The fourth-order valence-electron chi connectivity index (χ4n) is 3.48. The van der Waals surface area contributed by atoms with Gasteiger partial charge in [0.25, 0.3) is 0 Å². The van der Waals surface area contributed by atoms with Gasteiger partial charge in [-0.05, 0) is 51.2 Å². The third kappa shape index (κ3) is 6.19. The highest BCUT2D eigenvalue weighted by Crippen LogP contribution is 2.25. The standard InChI is InChI=1S/C23H32N4O2/c1-3-24-22(27-17-23(2,28)19-11-5-4-6-12-19)26-16-18-10-9-15-25-21(18)29-20-13-7-8-14-20/h4-6,9-12,15,20,28H,3,7-8,13-14,16-17H2,1-2H3,(H2,24,26,27). The number of hydrogen-bond acceptors (Lipinski definition) is 4. The minimum Gasteiger partial charge on any atom is -0.474 e. The highest BCUT2D eigenvalue weighted by atomic mass is 16.5. The van der Waals surface area contributed by atoms with Crippen LogP contribution in [0.15, 0.2) is 53.7 Å². The molecule has 3 rings (SSSR count). The maximum atomic E-state index is 10.8. The minimum absolute atomic E-state index is 0.264. The first kappa shape index (κ1) is 21.1. The van der Waals surface area contributed by atoms with Gasteiger partial charge in [-0.15, -0.1) is 0 Å². The number of aliphatic imine (C=N–C) groups is 1. The van der Waals surface area contributed by atoms with Crippen LogP contribution in [-0.2, 0) is 12.1 Å². The molecule has 0 spiro atoms. The molecule has 0 amide bonds. The highest BCUT2D eigenvalue weighted by molar-refractivity contribution is 5.79. The first-order valence-electron chi connectivity index (χ1n) is 10.5. The summed E-state index contributed by atoms with van der Waals surface area (Å²) in [6.45, 7) is 5.36. The van der Waals surface area contributed by atoms with Gasteiger partial charge in [-0.2, -0.15) is 0 Å². The fourth-order valence-corrected chi connectivity index (χ4v) is 3.48. The Morgan fingerprint density at radius 2 is 1.93 bits per heavy atom. The van der Waals surface area contributed by atoms with E-state index in [1.807, 2.05) is 49.4 Å². The summed E-state index contributed by atoms with van der Waals surface area (Å²) in [7, 11) is 0. The zero-order valence-corrected chi connectivity index (χ0v) is 17.4. The molecular formula is C23H32N4O2. The number of hydrogen-bond donors (Lipinski definition) is 3. The quantitative estimate of drug-likeness (QED) is 0.471. The van der Waals surface area contributed by atoms with Gasteiger partial charge in [-0.25, -0.2) is 9.98 Å². The van der Waals surface area contributed by atoms with Crippen LogP contribution >= 0.6 is 0 Å². The van der Waals surface area contributed by atoms with E-state index in [1.165, 1.54) is 12.8 Å². The number of rotatable bonds is 8. The fraction of sp³-hybridized carbons (Fsp3) is 0.478. The van der Waals surface area contributed by atoms with E-state index in [1.54, 1.807) is 13.1 Å². The molecule has 1 saturated carbocycles. The van der Waals surface area contributed by atoms with Crippen LogP contribution < -0.4 is 15.4 Å². The van der Waals surface area contributed by atoms with Crippen molar-refractivity contribution in [3.63, 3.8) is 0 Å². The van der Waals surface area contributed by atoms with Crippen molar-refractivity contribution in [1.29, 1.82) is 0 Å². The Labute approximate surface area is 173 Å². The van der Waals surface area contributed by atoms with Crippen LogP contribution in [0.5, 0.6) is 5.88 Å². The van der Waals surface area contributed by atoms with Crippen molar-refractivity contribution >= 4 is 5.96 Å². The van der Waals surface area contributed by atoms with Gasteiger partial charge in [0.05, 0.1) is 13.1 Å². The van der Waals surface area contributed by atoms with Gasteiger partial charge in [0.15, 0.2) is 5.96 Å². The molecule has 1 fully saturated rings. The second-order valence-electron chi connectivity index (χ2n) is 7.68. The molecule has 6 nitrogen and oxygen atoms in total. The van der Waals surface area contributed by atoms with E-state index < -0.39 is 5.60 Å². The van der Waals surface area contributed by atoms with E-state index in [9.17, 15) is 5.11 Å². The van der Waals surface area contributed by atoms with Crippen molar-refractivity contribution < 1.29 is 9.84 Å². The molecule has 1 aliphatic rings. The van der Waals surface area contributed by atoms with Crippen molar-refractivity contribution in [2.24, 2.45) is 4.99 Å². The molecule has 1 heterocycles. The summed E-state index contributed by atoms with van der Waals surface area (Å²) in [5.41, 5.74) is 0.831. The maximum absolute atomic E-state index is 10.8. The molecule has 0 aliphatic heterocycles. The third-order valence-corrected chi connectivity index (χ3v) is 5.18. The summed E-state index contributed by atoms with van der Waals surface area (Å²) in [5, 5.41) is 17.3. The molecule has 2 aromatic rings. The second-order valence-corrected chi connectivity index (χ2v) is 7.68. The van der Waals surface area contributed by atoms with E-state index in [-0.39, 0.29) is 6.10 Å². The van der Waals surface area contributed by atoms with E-state index >= 15 is 0 Å². The first-order chi connectivity index (χ1) is 14.1. The van der Waals surface area contributed by atoms with Crippen LogP contribution in [0.25, 0.3) is 0 Å². The molecule has 29 heavy (non-hydrogen) atoms. The molecule has 156 valence electrons. The molecule has 3 N–H and O–H groups in total. The summed E-state index contributed by atoms with van der Waals surface area (Å²) in [6, 6.07) is 13.6. The Morgan fingerprint density at radius 3 is 2.66 bits per heavy atom. The number of pyridine rings is 1. The second kappa shape index (κ2) is 10.3. The summed E-state index contributed by atoms with van der Waals surface area (Å²) in [6.07, 6.45) is 6.66. The number of nitrogens with one attached hydrogen (secondary N) is 2. The van der Waals surface area contributed by atoms with Crippen molar-refractivity contribution in [3.8, 4) is 5.88 Å². The van der Waals surface area contributed by atoms with E-state index in [4.69, 9.17) is 4.74 Å². The summed E-state index contributed by atoms with van der Waals surface area (Å²) in [5.74, 6) is 1.33. The van der Waals surface area contributed by atoms with E-state index in [0.29, 0.717) is 24.9 Å². The van der Waals surface area contributed by atoms with E-state index in [2.05, 4.69) is 20.6 Å². The number of benzene rings is 1. The van der Waals surface area contributed by atoms with Crippen LogP contribution in [0, 0.1) is 0 Å². The van der Waals surface area contributed by atoms with Gasteiger partial charge in [0.1, 0.15) is 11.7 Å². The molecule has 0 bridgehead atoms. The maximum Gasteiger partial charge on any atom is 0.218 e. The lowest BCUT2D eigenvalue weighted by Gasteiger charge is -2.25. The van der Waals surface area contributed by atoms with Crippen molar-refractivity contribution in [1.82, 2.24) is 15.6 Å². The van der Waals surface area contributed by atoms with Gasteiger partial charge < -0.3 is 20.5 Å². The zero-order valence-electron chi connectivity index (χ0n) is 17.4. The minimum atomic E-state index is -0.998. The Morgan fingerprint density at radius 1 is 1.17 bits per heavy atom. The van der Waals surface area contributed by atoms with Gasteiger partial charge in [-0.3, -0.25) is 0 Å². The molecule has 1 atom stereocenters. The lowest BCUT2D eigenvalue weighted by atomic mass is 9.96. The van der Waals surface area contributed by atoms with Crippen molar-refractivity contribution in [2.75, 3.05) is 13.1 Å². The highest BCUT2D eigenvalue weighted by Gasteiger charge is 2.23. The van der Waals surface area contributed by atoms with Crippen molar-refractivity contribution in [2.45, 2.75) is 57.8 Å². The Balaban J connectivity index is 1.65. The number of aliphatic hydroxyl groups is 1. The molecule has 1 aromatic heterocycles. The van der Waals surface area contributed by atoms with Crippen molar-refractivity contribution in [3.05, 3.63) is 59.8 Å². The number of aromatic nitrogens is 1. The largest absolute Gasteiger partial charge is 0.474 e. The number of ether oxygens (including phenoxy) is 1. The number of guanidine groups is 1. The summed E-state index contributed by atoms with van der Waals surface area (Å²) < 4.78 is 6.11. The predicted octanol–water partition coefficient (Wildman–Crippen LogP) is 3.37. The smallest absolute Gasteiger partial charge is 0.218 e. The monoisotopic (exact) mass is 396 g/mol. The average molecular weight is 397 g/mol. The summed E-state index contributed by atoms with van der Waals surface area (Å²) >= 11 is 0. The normalized spacial score (nSPS) is 17.0. The van der Waals surface area contributed by atoms with Crippen LogP contribution in [0.4, 0.5) is 0 Å². The van der Waals surface area contributed by atoms with Crippen LogP contribution in [0.2, 0.25) is 0 Å². The van der Waals surface area contributed by atoms with Gasteiger partial charge in [0, 0.05) is 18.3 Å². The molecule has 0 saturated heterocycles. The van der Waals surface area contributed by atoms with Gasteiger partial charge in [-0.1, -0.05) is 36.4 Å². The molecule has 1 aromatic carbocycles. The third-order valence-electron chi connectivity index (χ3n) is 5.18.